The van der Waals surface area contributed by atoms with Gasteiger partial charge in [-0.25, -0.2) is 14.1 Å². The van der Waals surface area contributed by atoms with Gasteiger partial charge in [0, 0.05) is 13.6 Å². The minimum atomic E-state index is -0.496. The Kier molecular flexibility index (Phi) is 4.44. The van der Waals surface area contributed by atoms with Crippen LogP contribution in [-0.2, 0) is 13.6 Å². The Balaban J connectivity index is 1.76. The van der Waals surface area contributed by atoms with Crippen LogP contribution < -0.4 is 10.9 Å². The first kappa shape index (κ1) is 17.6. The molecule has 0 aliphatic carbocycles. The van der Waals surface area contributed by atoms with Gasteiger partial charge in [0.1, 0.15) is 11.3 Å². The van der Waals surface area contributed by atoms with Crippen molar-refractivity contribution in [2.24, 2.45) is 7.05 Å². The number of hydrogen-bond acceptors (Lipinski definition) is 4. The topological polar surface area (TPSA) is 81.8 Å². The van der Waals surface area contributed by atoms with Crippen LogP contribution in [0.25, 0.3) is 16.7 Å². The first-order valence-electron chi connectivity index (χ1n) is 8.57. The highest BCUT2D eigenvalue weighted by molar-refractivity contribution is 6.03. The number of carbonyl (C=O) groups excluding carboxylic acids is 1. The van der Waals surface area contributed by atoms with Crippen LogP contribution in [0.3, 0.4) is 0 Å². The predicted octanol–water partition coefficient (Wildman–Crippen LogP) is 2.19. The molecule has 8 heteroatoms. The average Bonchev–Trinajstić information content (AvgIpc) is 3.10. The van der Waals surface area contributed by atoms with Crippen molar-refractivity contribution in [3.8, 4) is 5.69 Å². The third-order valence-electron chi connectivity index (χ3n) is 4.30. The Hall–Kier alpha value is -3.81. The molecule has 0 aliphatic heterocycles. The summed E-state index contributed by atoms with van der Waals surface area (Å²) < 4.78 is 16.1. The third kappa shape index (κ3) is 3.16. The Morgan fingerprint density at radius 3 is 2.68 bits per heavy atom. The molecule has 140 valence electrons. The molecule has 0 bridgehead atoms. The fourth-order valence-electron chi connectivity index (χ4n) is 2.91. The van der Waals surface area contributed by atoms with Crippen LogP contribution in [0.2, 0.25) is 0 Å². The van der Waals surface area contributed by atoms with Gasteiger partial charge in [-0.05, 0) is 29.8 Å². The summed E-state index contributed by atoms with van der Waals surface area (Å²) in [5, 5.41) is 7.05. The molecule has 4 rings (SSSR count). The van der Waals surface area contributed by atoms with Gasteiger partial charge in [-0.15, -0.1) is 0 Å². The summed E-state index contributed by atoms with van der Waals surface area (Å²) in [5.74, 6) is -0.875. The first-order valence-corrected chi connectivity index (χ1v) is 8.57. The lowest BCUT2D eigenvalue weighted by Crippen LogP contribution is -2.24. The molecule has 0 radical (unpaired) electrons. The van der Waals surface area contributed by atoms with E-state index >= 15 is 0 Å². The summed E-state index contributed by atoms with van der Waals surface area (Å²) in [4.78, 5) is 29.6. The minimum absolute atomic E-state index is 0.0351. The Morgan fingerprint density at radius 1 is 1.14 bits per heavy atom. The van der Waals surface area contributed by atoms with Gasteiger partial charge in [0.05, 0.1) is 12.0 Å². The van der Waals surface area contributed by atoms with Crippen LogP contribution in [0.4, 0.5) is 4.39 Å². The molecule has 1 N–H and O–H groups in total. The second-order valence-corrected chi connectivity index (χ2v) is 6.27. The van der Waals surface area contributed by atoms with E-state index in [4.69, 9.17) is 0 Å². The number of carbonyl (C=O) groups is 1. The van der Waals surface area contributed by atoms with Crippen LogP contribution in [0.5, 0.6) is 0 Å². The second-order valence-electron chi connectivity index (χ2n) is 6.27. The minimum Gasteiger partial charge on any atom is -0.346 e. The van der Waals surface area contributed by atoms with E-state index in [1.165, 1.54) is 27.7 Å². The number of rotatable bonds is 4. The molecule has 2 aromatic heterocycles. The maximum absolute atomic E-state index is 13.3. The van der Waals surface area contributed by atoms with E-state index in [1.54, 1.807) is 31.3 Å². The quantitative estimate of drug-likeness (QED) is 0.591. The Morgan fingerprint density at radius 2 is 1.93 bits per heavy atom. The van der Waals surface area contributed by atoms with E-state index < -0.39 is 5.91 Å². The molecule has 0 spiro atoms. The Bertz CT molecular complexity index is 1230. The van der Waals surface area contributed by atoms with Gasteiger partial charge in [-0.1, -0.05) is 30.3 Å². The van der Waals surface area contributed by atoms with Gasteiger partial charge < -0.3 is 9.88 Å². The number of nitrogens with one attached hydrogen (secondary N) is 1. The van der Waals surface area contributed by atoms with E-state index in [-0.39, 0.29) is 34.6 Å². The zero-order chi connectivity index (χ0) is 19.7. The van der Waals surface area contributed by atoms with Gasteiger partial charge in [-0.2, -0.15) is 5.10 Å². The van der Waals surface area contributed by atoms with Gasteiger partial charge in [-0.3, -0.25) is 9.59 Å². The molecule has 0 aliphatic rings. The number of nitrogens with zero attached hydrogens (tertiary/aromatic N) is 4. The normalized spacial score (nSPS) is 10.9. The summed E-state index contributed by atoms with van der Waals surface area (Å²) in [6.45, 7) is 0.126. The zero-order valence-corrected chi connectivity index (χ0v) is 15.0. The molecule has 2 heterocycles. The van der Waals surface area contributed by atoms with Gasteiger partial charge in [0.25, 0.3) is 11.5 Å². The van der Waals surface area contributed by atoms with Crippen LogP contribution >= 0.6 is 0 Å². The van der Waals surface area contributed by atoms with Crippen molar-refractivity contribution in [3.05, 3.63) is 88.4 Å². The number of para-hydroxylation sites is 1. The summed E-state index contributed by atoms with van der Waals surface area (Å²) >= 11 is 0. The van der Waals surface area contributed by atoms with Crippen molar-refractivity contribution in [1.29, 1.82) is 0 Å². The van der Waals surface area contributed by atoms with Crippen LogP contribution in [0, 0.1) is 5.82 Å². The lowest BCUT2D eigenvalue weighted by molar-refractivity contribution is 0.0947. The van der Waals surface area contributed by atoms with Gasteiger partial charge in [0.15, 0.2) is 11.2 Å². The molecule has 2 aromatic carbocycles. The number of hydrogen-bond donors (Lipinski definition) is 1. The number of halogens is 1. The third-order valence-corrected chi connectivity index (χ3v) is 4.30. The molecule has 4 aromatic rings. The SMILES string of the molecule is Cn1cnc2c(C(=O)NCc3cccc(F)c3)nn(-c3ccccc3)c2c1=O. The van der Waals surface area contributed by atoms with Crippen molar-refractivity contribution in [2.45, 2.75) is 6.54 Å². The highest BCUT2D eigenvalue weighted by Crippen LogP contribution is 2.17. The highest BCUT2D eigenvalue weighted by Gasteiger charge is 2.22. The van der Waals surface area contributed by atoms with E-state index in [2.05, 4.69) is 15.4 Å². The van der Waals surface area contributed by atoms with E-state index in [0.29, 0.717) is 11.3 Å². The van der Waals surface area contributed by atoms with Crippen molar-refractivity contribution in [1.82, 2.24) is 24.6 Å². The predicted molar refractivity (Wildman–Crippen MR) is 102 cm³/mol. The maximum Gasteiger partial charge on any atom is 0.279 e. The largest absolute Gasteiger partial charge is 0.346 e. The number of aromatic nitrogens is 4. The molecule has 0 fully saturated rings. The number of amides is 1. The summed E-state index contributed by atoms with van der Waals surface area (Å²) in [5.41, 5.74) is 1.40. The molecule has 28 heavy (non-hydrogen) atoms. The fraction of sp³-hybridized carbons (Fsp3) is 0.100. The van der Waals surface area contributed by atoms with Crippen molar-refractivity contribution in [3.63, 3.8) is 0 Å². The molecule has 7 nitrogen and oxygen atoms in total. The van der Waals surface area contributed by atoms with Crippen LogP contribution in [0.15, 0.2) is 65.7 Å². The van der Waals surface area contributed by atoms with E-state index in [9.17, 15) is 14.0 Å². The van der Waals surface area contributed by atoms with Crippen molar-refractivity contribution >= 4 is 16.9 Å². The summed E-state index contributed by atoms with van der Waals surface area (Å²) in [6.07, 6.45) is 1.35. The molecule has 0 saturated carbocycles. The molecule has 1 amide bonds. The first-order chi connectivity index (χ1) is 13.5. The van der Waals surface area contributed by atoms with Crippen LogP contribution in [0.1, 0.15) is 16.1 Å². The highest BCUT2D eigenvalue weighted by atomic mass is 19.1. The van der Waals surface area contributed by atoms with Crippen LogP contribution in [-0.4, -0.2) is 25.2 Å². The van der Waals surface area contributed by atoms with Crippen molar-refractivity contribution < 1.29 is 9.18 Å². The zero-order valence-electron chi connectivity index (χ0n) is 15.0. The standard InChI is InChI=1S/C20H16FN5O2/c1-25-12-23-16-17(19(27)22-11-13-6-5-7-14(21)10-13)24-26(18(16)20(25)28)15-8-3-2-4-9-15/h2-10,12H,11H2,1H3,(H,22,27). The number of fused-ring (bicyclic) bond motifs is 1. The lowest BCUT2D eigenvalue weighted by Gasteiger charge is -2.04. The van der Waals surface area contributed by atoms with E-state index in [0.717, 1.165) is 0 Å². The molecule has 0 atom stereocenters. The average molecular weight is 377 g/mol. The lowest BCUT2D eigenvalue weighted by atomic mass is 10.2. The second kappa shape index (κ2) is 7.07. The van der Waals surface area contributed by atoms with Crippen molar-refractivity contribution in [2.75, 3.05) is 0 Å². The number of aryl methyl sites for hydroxylation is 1. The van der Waals surface area contributed by atoms with Gasteiger partial charge in [0.2, 0.25) is 0 Å². The monoisotopic (exact) mass is 377 g/mol. The molecular weight excluding hydrogens is 361 g/mol. The van der Waals surface area contributed by atoms with E-state index in [1.807, 2.05) is 18.2 Å². The molecular formula is C20H16FN5O2. The van der Waals surface area contributed by atoms with Gasteiger partial charge >= 0.3 is 0 Å². The smallest absolute Gasteiger partial charge is 0.279 e. The Labute approximate surface area is 159 Å². The molecule has 0 saturated heterocycles. The summed E-state index contributed by atoms with van der Waals surface area (Å²) in [6, 6.07) is 15.0. The fourth-order valence-corrected chi connectivity index (χ4v) is 2.91. The number of benzene rings is 2. The summed E-state index contributed by atoms with van der Waals surface area (Å²) in [7, 11) is 1.58. The molecule has 0 unspecified atom stereocenters. The maximum atomic E-state index is 13.3.